The summed E-state index contributed by atoms with van der Waals surface area (Å²) in [5.41, 5.74) is 0.213. The quantitative estimate of drug-likeness (QED) is 0.856. The maximum atomic E-state index is 11.8. The van der Waals surface area contributed by atoms with Crippen LogP contribution in [0.3, 0.4) is 0 Å². The molecule has 0 aliphatic heterocycles. The molecule has 18 heavy (non-hydrogen) atoms. The molecule has 1 rings (SSSR count). The molecule has 0 aromatic heterocycles. The van der Waals surface area contributed by atoms with Crippen molar-refractivity contribution >= 4 is 31.5 Å². The molecule has 9 heteroatoms. The van der Waals surface area contributed by atoms with Crippen LogP contribution in [0, 0.1) is 11.3 Å². The lowest BCUT2D eigenvalue weighted by Gasteiger charge is -2.05. The summed E-state index contributed by atoms with van der Waals surface area (Å²) < 4.78 is 45.1. The minimum absolute atomic E-state index is 0.122. The first-order valence-corrected chi connectivity index (χ1v) is 8.33. The first kappa shape index (κ1) is 14.9. The summed E-state index contributed by atoms with van der Waals surface area (Å²) >= 11 is 5.73. The lowest BCUT2D eigenvalue weighted by Crippen LogP contribution is -2.23. The van der Waals surface area contributed by atoms with Gasteiger partial charge in [-0.15, -0.1) is 0 Å². The van der Waals surface area contributed by atoms with Gasteiger partial charge in [-0.2, -0.15) is 5.26 Å². The molecule has 98 valence electrons. The van der Waals surface area contributed by atoms with Crippen LogP contribution < -0.4 is 5.14 Å². The normalized spacial score (nSPS) is 12.1. The molecule has 0 atom stereocenters. The first-order chi connectivity index (χ1) is 8.15. The molecule has 0 aliphatic rings. The average molecular weight is 309 g/mol. The van der Waals surface area contributed by atoms with E-state index in [0.717, 1.165) is 0 Å². The summed E-state index contributed by atoms with van der Waals surface area (Å²) in [5.74, 6) is -1.34. The molecule has 0 unspecified atom stereocenters. The molecule has 1 aromatic carbocycles. The first-order valence-electron chi connectivity index (χ1n) is 4.58. The van der Waals surface area contributed by atoms with Crippen LogP contribution in [0.1, 0.15) is 5.56 Å². The molecule has 1 aromatic rings. The van der Waals surface area contributed by atoms with Gasteiger partial charge in [-0.25, -0.2) is 22.0 Å². The molecule has 0 radical (unpaired) electrons. The molecule has 0 fully saturated rings. The Bertz CT molecular complexity index is 705. The molecule has 0 amide bonds. The van der Waals surface area contributed by atoms with E-state index in [2.05, 4.69) is 0 Å². The summed E-state index contributed by atoms with van der Waals surface area (Å²) in [7, 11) is -7.72. The van der Waals surface area contributed by atoms with Crippen molar-refractivity contribution in [1.29, 1.82) is 5.26 Å². The molecule has 0 bridgehead atoms. The third-order valence-corrected chi connectivity index (χ3v) is 5.26. The van der Waals surface area contributed by atoms with Crippen LogP contribution in [0.15, 0.2) is 23.1 Å². The second-order valence-corrected chi connectivity index (χ2v) is 7.66. The van der Waals surface area contributed by atoms with Crippen LogP contribution >= 0.6 is 11.6 Å². The van der Waals surface area contributed by atoms with Gasteiger partial charge in [0.25, 0.3) is 0 Å². The lowest BCUT2D eigenvalue weighted by atomic mass is 10.2. The molecular weight excluding hydrogens is 300 g/mol. The van der Waals surface area contributed by atoms with E-state index in [-0.39, 0.29) is 15.5 Å². The van der Waals surface area contributed by atoms with Gasteiger partial charge in [-0.1, -0.05) is 11.6 Å². The largest absolute Gasteiger partial charge is 0.229 e. The second kappa shape index (κ2) is 5.24. The molecule has 0 saturated heterocycles. The second-order valence-electron chi connectivity index (χ2n) is 3.44. The predicted molar refractivity (Wildman–Crippen MR) is 66.2 cm³/mol. The van der Waals surface area contributed by atoms with Crippen molar-refractivity contribution in [3.8, 4) is 6.07 Å². The van der Waals surface area contributed by atoms with Gasteiger partial charge in [0.2, 0.25) is 10.0 Å². The van der Waals surface area contributed by atoms with Crippen LogP contribution in [0.25, 0.3) is 0 Å². The standard InChI is InChI=1S/C9H9ClN2O4S2/c10-8-5-7(6-11)1-2-9(8)17(13,14)3-4-18(12,15)16/h1-2,5H,3-4H2,(H2,12,15,16). The molecule has 0 heterocycles. The molecular formula is C9H9ClN2O4S2. The molecule has 2 N–H and O–H groups in total. The van der Waals surface area contributed by atoms with Crippen molar-refractivity contribution in [3.63, 3.8) is 0 Å². The number of rotatable bonds is 4. The van der Waals surface area contributed by atoms with Gasteiger partial charge in [-0.3, -0.25) is 0 Å². The molecule has 0 saturated carbocycles. The van der Waals surface area contributed by atoms with E-state index in [1.807, 2.05) is 6.07 Å². The summed E-state index contributed by atoms with van der Waals surface area (Å²) in [4.78, 5) is -0.216. The number of nitrogens with two attached hydrogens (primary N) is 1. The topological polar surface area (TPSA) is 118 Å². The van der Waals surface area contributed by atoms with E-state index in [1.165, 1.54) is 18.2 Å². The van der Waals surface area contributed by atoms with Gasteiger partial charge in [0.15, 0.2) is 9.84 Å². The highest BCUT2D eigenvalue weighted by Crippen LogP contribution is 2.23. The highest BCUT2D eigenvalue weighted by Gasteiger charge is 2.20. The van der Waals surface area contributed by atoms with Crippen molar-refractivity contribution < 1.29 is 16.8 Å². The highest BCUT2D eigenvalue weighted by atomic mass is 35.5. The number of benzene rings is 1. The Morgan fingerprint density at radius 1 is 1.22 bits per heavy atom. The van der Waals surface area contributed by atoms with E-state index >= 15 is 0 Å². The summed E-state index contributed by atoms with van der Waals surface area (Å²) in [6.07, 6.45) is 0. The number of nitrogens with zero attached hydrogens (tertiary/aromatic N) is 1. The van der Waals surface area contributed by atoms with Crippen LogP contribution in [0.4, 0.5) is 0 Å². The highest BCUT2D eigenvalue weighted by molar-refractivity contribution is 7.94. The fraction of sp³-hybridized carbons (Fsp3) is 0.222. The van der Waals surface area contributed by atoms with Gasteiger partial charge in [0.1, 0.15) is 0 Å². The SMILES string of the molecule is N#Cc1ccc(S(=O)(=O)CCS(N)(=O)=O)c(Cl)c1. The minimum Gasteiger partial charge on any atom is -0.229 e. The minimum atomic E-state index is -3.87. The van der Waals surface area contributed by atoms with E-state index in [0.29, 0.717) is 0 Å². The summed E-state index contributed by atoms with van der Waals surface area (Å²) in [5, 5.41) is 13.2. The van der Waals surface area contributed by atoms with Crippen LogP contribution in [0.2, 0.25) is 5.02 Å². The third kappa shape index (κ3) is 3.96. The van der Waals surface area contributed by atoms with Crippen LogP contribution in [-0.4, -0.2) is 28.3 Å². The van der Waals surface area contributed by atoms with Gasteiger partial charge < -0.3 is 0 Å². The average Bonchev–Trinajstić information content (AvgIpc) is 2.25. The zero-order valence-electron chi connectivity index (χ0n) is 9.00. The van der Waals surface area contributed by atoms with Crippen LogP contribution in [0.5, 0.6) is 0 Å². The van der Waals surface area contributed by atoms with Crippen molar-refractivity contribution in [3.05, 3.63) is 28.8 Å². The van der Waals surface area contributed by atoms with E-state index in [9.17, 15) is 16.8 Å². The number of nitriles is 1. The van der Waals surface area contributed by atoms with E-state index in [1.54, 1.807) is 0 Å². The van der Waals surface area contributed by atoms with E-state index < -0.39 is 31.4 Å². The summed E-state index contributed by atoms with van der Waals surface area (Å²) in [6, 6.07) is 5.46. The summed E-state index contributed by atoms with van der Waals surface area (Å²) in [6.45, 7) is 0. The zero-order chi connectivity index (χ0) is 14.0. The van der Waals surface area contributed by atoms with Gasteiger partial charge in [-0.05, 0) is 18.2 Å². The smallest absolute Gasteiger partial charge is 0.210 e. The zero-order valence-corrected chi connectivity index (χ0v) is 11.4. The Morgan fingerprint density at radius 2 is 1.83 bits per heavy atom. The Morgan fingerprint density at radius 3 is 2.28 bits per heavy atom. The Balaban J connectivity index is 3.11. The molecule has 6 nitrogen and oxygen atoms in total. The number of halogens is 1. The third-order valence-electron chi connectivity index (χ3n) is 2.03. The number of primary sulfonamides is 1. The molecule has 0 aliphatic carbocycles. The predicted octanol–water partition coefficient (Wildman–Crippen LogP) is 0.274. The Hall–Kier alpha value is -1.14. The van der Waals surface area contributed by atoms with E-state index in [4.69, 9.17) is 22.0 Å². The number of hydrogen-bond acceptors (Lipinski definition) is 5. The number of hydrogen-bond donors (Lipinski definition) is 1. The Labute approximate surface area is 110 Å². The van der Waals surface area contributed by atoms with Crippen LogP contribution in [-0.2, 0) is 19.9 Å². The maximum absolute atomic E-state index is 11.8. The molecule has 0 spiro atoms. The fourth-order valence-corrected chi connectivity index (χ4v) is 4.35. The Kier molecular flexibility index (Phi) is 4.34. The monoisotopic (exact) mass is 308 g/mol. The van der Waals surface area contributed by atoms with Crippen molar-refractivity contribution in [2.75, 3.05) is 11.5 Å². The van der Waals surface area contributed by atoms with Crippen molar-refractivity contribution in [2.24, 2.45) is 5.14 Å². The maximum Gasteiger partial charge on any atom is 0.210 e. The number of sulfonamides is 1. The van der Waals surface area contributed by atoms with Gasteiger partial charge in [0.05, 0.1) is 33.1 Å². The number of sulfone groups is 1. The van der Waals surface area contributed by atoms with Crippen molar-refractivity contribution in [1.82, 2.24) is 0 Å². The lowest BCUT2D eigenvalue weighted by molar-refractivity contribution is 0.588. The van der Waals surface area contributed by atoms with Gasteiger partial charge in [0, 0.05) is 0 Å². The van der Waals surface area contributed by atoms with Gasteiger partial charge >= 0.3 is 0 Å². The fourth-order valence-electron chi connectivity index (χ4n) is 1.16. The van der Waals surface area contributed by atoms with Crippen molar-refractivity contribution in [2.45, 2.75) is 4.90 Å².